The highest BCUT2D eigenvalue weighted by molar-refractivity contribution is 5.96. The number of ketones is 1. The lowest BCUT2D eigenvalue weighted by Gasteiger charge is -2.11. The third-order valence-corrected chi connectivity index (χ3v) is 2.75. The van der Waals surface area contributed by atoms with E-state index < -0.39 is 0 Å². The summed E-state index contributed by atoms with van der Waals surface area (Å²) in [5.41, 5.74) is 0.638. The summed E-state index contributed by atoms with van der Waals surface area (Å²) in [4.78, 5) is 12.1. The fourth-order valence-electron chi connectivity index (χ4n) is 1.89. The van der Waals surface area contributed by atoms with Gasteiger partial charge in [0, 0.05) is 18.5 Å². The third-order valence-electron chi connectivity index (χ3n) is 2.75. The summed E-state index contributed by atoms with van der Waals surface area (Å²) in [6.45, 7) is 5.71. The summed E-state index contributed by atoms with van der Waals surface area (Å²) < 4.78 is 1.70. The van der Waals surface area contributed by atoms with Crippen LogP contribution in [0.2, 0.25) is 0 Å². The van der Waals surface area contributed by atoms with Crippen LogP contribution in [0.15, 0.2) is 6.20 Å². The van der Waals surface area contributed by atoms with Crippen molar-refractivity contribution in [2.45, 2.75) is 26.3 Å². The zero-order valence-electron chi connectivity index (χ0n) is 9.10. The van der Waals surface area contributed by atoms with Crippen molar-refractivity contribution in [3.05, 3.63) is 11.9 Å². The molecule has 5 nitrogen and oxygen atoms in total. The topological polar surface area (TPSA) is 59.8 Å². The Kier molecular flexibility index (Phi) is 2.81. The smallest absolute Gasteiger partial charge is 0.186 e. The molecule has 15 heavy (non-hydrogen) atoms. The molecule has 1 aliphatic rings. The minimum absolute atomic E-state index is 0.0981. The lowest BCUT2D eigenvalue weighted by Crippen LogP contribution is -2.22. The first-order valence-corrected chi connectivity index (χ1v) is 5.35. The van der Waals surface area contributed by atoms with E-state index in [2.05, 4.69) is 15.6 Å². The Morgan fingerprint density at radius 2 is 2.47 bits per heavy atom. The Bertz CT molecular complexity index is 352. The van der Waals surface area contributed by atoms with Crippen molar-refractivity contribution < 1.29 is 4.79 Å². The first kappa shape index (κ1) is 10.3. The molecule has 0 bridgehead atoms. The average molecular weight is 208 g/mol. The molecule has 0 aliphatic carbocycles. The number of carbonyl (C=O) groups excluding carboxylic acids is 1. The van der Waals surface area contributed by atoms with Crippen LogP contribution in [0.4, 0.5) is 0 Å². The van der Waals surface area contributed by atoms with Crippen LogP contribution < -0.4 is 5.32 Å². The maximum Gasteiger partial charge on any atom is 0.186 e. The molecule has 0 radical (unpaired) electrons. The van der Waals surface area contributed by atoms with Gasteiger partial charge in [0.15, 0.2) is 5.78 Å². The van der Waals surface area contributed by atoms with E-state index in [1.165, 1.54) is 0 Å². The second kappa shape index (κ2) is 4.10. The van der Waals surface area contributed by atoms with Gasteiger partial charge in [-0.2, -0.15) is 0 Å². The highest BCUT2D eigenvalue weighted by Gasteiger charge is 2.26. The van der Waals surface area contributed by atoms with Gasteiger partial charge in [0.05, 0.1) is 6.20 Å². The van der Waals surface area contributed by atoms with Gasteiger partial charge in [-0.05, 0) is 26.8 Å². The van der Waals surface area contributed by atoms with E-state index in [0.29, 0.717) is 5.69 Å². The summed E-state index contributed by atoms with van der Waals surface area (Å²) in [5.74, 6) is 0.264. The van der Waals surface area contributed by atoms with Gasteiger partial charge < -0.3 is 5.32 Å². The van der Waals surface area contributed by atoms with E-state index in [9.17, 15) is 4.79 Å². The molecule has 1 saturated heterocycles. The molecule has 2 heterocycles. The summed E-state index contributed by atoms with van der Waals surface area (Å²) in [6.07, 6.45) is 2.49. The monoisotopic (exact) mass is 208 g/mol. The van der Waals surface area contributed by atoms with Crippen LogP contribution in [-0.4, -0.2) is 33.9 Å². The van der Waals surface area contributed by atoms with E-state index in [0.717, 1.165) is 19.5 Å². The first-order chi connectivity index (χ1) is 7.20. The Labute approximate surface area is 88.9 Å². The predicted octanol–water partition coefficient (Wildman–Crippen LogP) is 0.651. The predicted molar refractivity (Wildman–Crippen MR) is 55.7 cm³/mol. The largest absolute Gasteiger partial charge is 0.316 e. The van der Waals surface area contributed by atoms with Crippen molar-refractivity contribution in [1.29, 1.82) is 0 Å². The minimum Gasteiger partial charge on any atom is -0.316 e. The van der Waals surface area contributed by atoms with Crippen LogP contribution in [0.3, 0.4) is 0 Å². The highest BCUT2D eigenvalue weighted by Crippen LogP contribution is 2.16. The van der Waals surface area contributed by atoms with Gasteiger partial charge in [-0.15, -0.1) is 5.10 Å². The van der Waals surface area contributed by atoms with Crippen LogP contribution in [0.5, 0.6) is 0 Å². The zero-order valence-corrected chi connectivity index (χ0v) is 9.10. The second-order valence-electron chi connectivity index (χ2n) is 4.21. The van der Waals surface area contributed by atoms with Crippen molar-refractivity contribution >= 4 is 5.78 Å². The standard InChI is InChI=1S/C10H16N4O/c1-7(2)14-9(6-12-13-14)10(15)8-3-4-11-5-8/h6-8,11H,3-5H2,1-2H3. The van der Waals surface area contributed by atoms with Crippen molar-refractivity contribution in [1.82, 2.24) is 20.3 Å². The molecule has 0 spiro atoms. The molecule has 1 fully saturated rings. The van der Waals surface area contributed by atoms with Gasteiger partial charge in [0.25, 0.3) is 0 Å². The van der Waals surface area contributed by atoms with Crippen LogP contribution in [0, 0.1) is 5.92 Å². The Morgan fingerprint density at radius 3 is 3.07 bits per heavy atom. The second-order valence-corrected chi connectivity index (χ2v) is 4.21. The molecule has 5 heteroatoms. The summed E-state index contributed by atoms with van der Waals surface area (Å²) in [7, 11) is 0. The third kappa shape index (κ3) is 1.92. The molecule has 2 rings (SSSR count). The fourth-order valence-corrected chi connectivity index (χ4v) is 1.89. The quantitative estimate of drug-likeness (QED) is 0.741. The molecule has 1 N–H and O–H groups in total. The maximum absolute atomic E-state index is 12.1. The van der Waals surface area contributed by atoms with Crippen LogP contribution in [0.1, 0.15) is 36.8 Å². The van der Waals surface area contributed by atoms with Gasteiger partial charge in [0.2, 0.25) is 0 Å². The van der Waals surface area contributed by atoms with Crippen molar-refractivity contribution in [2.75, 3.05) is 13.1 Å². The molecule has 0 aromatic carbocycles. The molecular formula is C10H16N4O. The molecule has 0 saturated carbocycles. The van der Waals surface area contributed by atoms with E-state index in [1.807, 2.05) is 13.8 Å². The number of aromatic nitrogens is 3. The summed E-state index contributed by atoms with van der Waals surface area (Å²) in [6, 6.07) is 0.181. The number of hydrogen-bond donors (Lipinski definition) is 1. The van der Waals surface area contributed by atoms with Gasteiger partial charge in [-0.25, -0.2) is 4.68 Å². The first-order valence-electron chi connectivity index (χ1n) is 5.35. The lowest BCUT2D eigenvalue weighted by atomic mass is 10.0. The number of rotatable bonds is 3. The Balaban J connectivity index is 2.20. The van der Waals surface area contributed by atoms with Crippen molar-refractivity contribution in [3.63, 3.8) is 0 Å². The van der Waals surface area contributed by atoms with E-state index >= 15 is 0 Å². The highest BCUT2D eigenvalue weighted by atomic mass is 16.1. The zero-order chi connectivity index (χ0) is 10.8. The fraction of sp³-hybridized carbons (Fsp3) is 0.700. The van der Waals surface area contributed by atoms with Crippen LogP contribution in [-0.2, 0) is 0 Å². The average Bonchev–Trinajstić information content (AvgIpc) is 2.88. The molecule has 1 atom stereocenters. The molecular weight excluding hydrogens is 192 g/mol. The van der Waals surface area contributed by atoms with Gasteiger partial charge in [-0.3, -0.25) is 4.79 Å². The van der Waals surface area contributed by atoms with E-state index in [1.54, 1.807) is 10.9 Å². The number of hydrogen-bond acceptors (Lipinski definition) is 4. The molecule has 1 aromatic rings. The normalized spacial score (nSPS) is 21.1. The maximum atomic E-state index is 12.1. The van der Waals surface area contributed by atoms with Crippen LogP contribution >= 0.6 is 0 Å². The number of Topliss-reactive ketones (excluding diaryl/α,β-unsaturated/α-hetero) is 1. The van der Waals surface area contributed by atoms with Gasteiger partial charge in [0.1, 0.15) is 5.69 Å². The number of nitrogens with one attached hydrogen (secondary N) is 1. The molecule has 82 valence electrons. The van der Waals surface area contributed by atoms with E-state index in [4.69, 9.17) is 0 Å². The van der Waals surface area contributed by atoms with Crippen molar-refractivity contribution in [2.24, 2.45) is 5.92 Å². The molecule has 0 amide bonds. The molecule has 1 aliphatic heterocycles. The van der Waals surface area contributed by atoms with E-state index in [-0.39, 0.29) is 17.7 Å². The van der Waals surface area contributed by atoms with Gasteiger partial charge in [-0.1, -0.05) is 5.21 Å². The Hall–Kier alpha value is -1.23. The van der Waals surface area contributed by atoms with Crippen molar-refractivity contribution in [3.8, 4) is 0 Å². The molecule has 1 unspecified atom stereocenters. The minimum atomic E-state index is 0.0981. The molecule has 1 aromatic heterocycles. The van der Waals surface area contributed by atoms with Crippen LogP contribution in [0.25, 0.3) is 0 Å². The van der Waals surface area contributed by atoms with Gasteiger partial charge >= 0.3 is 0 Å². The lowest BCUT2D eigenvalue weighted by molar-refractivity contribution is 0.0917. The summed E-state index contributed by atoms with van der Waals surface area (Å²) >= 11 is 0. The summed E-state index contributed by atoms with van der Waals surface area (Å²) in [5, 5.41) is 10.9. The number of nitrogens with zero attached hydrogens (tertiary/aromatic N) is 3. The number of carbonyl (C=O) groups is 1. The SMILES string of the molecule is CC(C)n1nncc1C(=O)C1CCNC1. The Morgan fingerprint density at radius 1 is 1.67 bits per heavy atom.